The van der Waals surface area contributed by atoms with Gasteiger partial charge < -0.3 is 9.88 Å². The zero-order valence-electron chi connectivity index (χ0n) is 10.1. The summed E-state index contributed by atoms with van der Waals surface area (Å²) >= 11 is 0. The summed E-state index contributed by atoms with van der Waals surface area (Å²) < 4.78 is 2.15. The first-order chi connectivity index (χ1) is 8.40. The number of hydrogen-bond donors (Lipinski definition) is 1. The van der Waals surface area contributed by atoms with Crippen molar-refractivity contribution in [2.24, 2.45) is 0 Å². The minimum Gasteiger partial charge on any atom is -0.329 e. The highest BCUT2D eigenvalue weighted by atomic mass is 15.1. The highest BCUT2D eigenvalue weighted by Gasteiger charge is 2.02. The van der Waals surface area contributed by atoms with Crippen molar-refractivity contribution < 1.29 is 0 Å². The Kier molecular flexibility index (Phi) is 4.27. The maximum absolute atomic E-state index is 4.20. The normalized spacial score (nSPS) is 10.6. The summed E-state index contributed by atoms with van der Waals surface area (Å²) in [6.45, 7) is 4.91. The van der Waals surface area contributed by atoms with Gasteiger partial charge in [0, 0.05) is 25.1 Å². The first-order valence-corrected chi connectivity index (χ1v) is 5.98. The van der Waals surface area contributed by atoms with E-state index in [0.717, 1.165) is 26.1 Å². The minimum atomic E-state index is 0.830. The number of rotatable bonds is 6. The number of nitrogens with zero attached hydrogens (tertiary/aromatic N) is 3. The van der Waals surface area contributed by atoms with Crippen LogP contribution in [0.2, 0.25) is 0 Å². The summed E-state index contributed by atoms with van der Waals surface area (Å²) in [5.41, 5.74) is 2.41. The summed E-state index contributed by atoms with van der Waals surface area (Å²) in [4.78, 5) is 8.32. The molecule has 0 aliphatic carbocycles. The summed E-state index contributed by atoms with van der Waals surface area (Å²) in [6, 6.07) is 4.04. The topological polar surface area (TPSA) is 42.7 Å². The van der Waals surface area contributed by atoms with Crippen LogP contribution in [0.25, 0.3) is 0 Å². The molecule has 1 N–H and O–H groups in total. The summed E-state index contributed by atoms with van der Waals surface area (Å²) in [5.74, 6) is 0. The molecule has 2 rings (SSSR count). The Morgan fingerprint density at radius 2 is 2.24 bits per heavy atom. The second-order valence-corrected chi connectivity index (χ2v) is 4.05. The molecule has 17 heavy (non-hydrogen) atoms. The molecular weight excluding hydrogens is 212 g/mol. The Balaban J connectivity index is 1.99. The Morgan fingerprint density at radius 1 is 1.29 bits per heavy atom. The molecule has 0 saturated heterocycles. The molecule has 0 bridgehead atoms. The van der Waals surface area contributed by atoms with Gasteiger partial charge >= 0.3 is 0 Å². The average Bonchev–Trinajstić information content (AvgIpc) is 2.79. The Labute approximate surface area is 102 Å². The molecule has 0 fully saturated rings. The van der Waals surface area contributed by atoms with Crippen LogP contribution < -0.4 is 5.32 Å². The lowest BCUT2D eigenvalue weighted by atomic mass is 10.3. The number of hydrogen-bond acceptors (Lipinski definition) is 3. The molecule has 2 heterocycles. The zero-order chi connectivity index (χ0) is 11.9. The van der Waals surface area contributed by atoms with E-state index in [1.54, 1.807) is 6.20 Å². The van der Waals surface area contributed by atoms with Gasteiger partial charge in [0.05, 0.1) is 18.6 Å². The molecule has 2 aromatic heterocycles. The number of pyridine rings is 1. The van der Waals surface area contributed by atoms with Crippen LogP contribution in [0.1, 0.15) is 24.6 Å². The third kappa shape index (κ3) is 3.39. The predicted octanol–water partition coefficient (Wildman–Crippen LogP) is 1.83. The lowest BCUT2D eigenvalue weighted by molar-refractivity contribution is 0.629. The van der Waals surface area contributed by atoms with E-state index in [1.807, 2.05) is 24.8 Å². The van der Waals surface area contributed by atoms with Gasteiger partial charge in [0.2, 0.25) is 0 Å². The maximum Gasteiger partial charge on any atom is 0.0951 e. The van der Waals surface area contributed by atoms with E-state index in [1.165, 1.54) is 11.3 Å². The van der Waals surface area contributed by atoms with Crippen LogP contribution in [0.5, 0.6) is 0 Å². The molecule has 4 heteroatoms. The summed E-state index contributed by atoms with van der Waals surface area (Å²) in [6.07, 6.45) is 8.62. The van der Waals surface area contributed by atoms with Crippen molar-refractivity contribution in [3.63, 3.8) is 0 Å². The molecule has 0 radical (unpaired) electrons. The quantitative estimate of drug-likeness (QED) is 0.770. The highest BCUT2D eigenvalue weighted by molar-refractivity contribution is 5.11. The largest absolute Gasteiger partial charge is 0.329 e. The molecule has 4 nitrogen and oxygen atoms in total. The van der Waals surface area contributed by atoms with Crippen LogP contribution in [0.3, 0.4) is 0 Å². The molecule has 0 aliphatic rings. The first-order valence-electron chi connectivity index (χ1n) is 5.98. The summed E-state index contributed by atoms with van der Waals surface area (Å²) in [5, 5.41) is 3.39. The van der Waals surface area contributed by atoms with E-state index in [4.69, 9.17) is 0 Å². The van der Waals surface area contributed by atoms with Gasteiger partial charge in [0.1, 0.15) is 0 Å². The molecule has 0 aliphatic heterocycles. The van der Waals surface area contributed by atoms with E-state index in [2.05, 4.69) is 32.8 Å². The van der Waals surface area contributed by atoms with E-state index < -0.39 is 0 Å². The maximum atomic E-state index is 4.20. The minimum absolute atomic E-state index is 0.830. The van der Waals surface area contributed by atoms with Crippen molar-refractivity contribution >= 4 is 0 Å². The molecule has 90 valence electrons. The molecule has 0 aromatic carbocycles. The highest BCUT2D eigenvalue weighted by Crippen LogP contribution is 2.04. The molecule has 0 atom stereocenters. The van der Waals surface area contributed by atoms with Crippen molar-refractivity contribution in [3.8, 4) is 0 Å². The zero-order valence-corrected chi connectivity index (χ0v) is 10.1. The van der Waals surface area contributed by atoms with Gasteiger partial charge in [0.25, 0.3) is 0 Å². The predicted molar refractivity (Wildman–Crippen MR) is 67.6 cm³/mol. The Morgan fingerprint density at radius 3 is 3.00 bits per heavy atom. The van der Waals surface area contributed by atoms with E-state index in [-0.39, 0.29) is 0 Å². The first kappa shape index (κ1) is 11.8. The molecule has 2 aromatic rings. The van der Waals surface area contributed by atoms with Gasteiger partial charge in [-0.3, -0.25) is 4.98 Å². The fourth-order valence-corrected chi connectivity index (χ4v) is 1.72. The molecule has 0 unspecified atom stereocenters. The second-order valence-electron chi connectivity index (χ2n) is 4.05. The monoisotopic (exact) mass is 230 g/mol. The Bertz CT molecular complexity index is 436. The van der Waals surface area contributed by atoms with Crippen LogP contribution >= 0.6 is 0 Å². The van der Waals surface area contributed by atoms with Gasteiger partial charge in [-0.1, -0.05) is 13.0 Å². The van der Waals surface area contributed by atoms with E-state index in [9.17, 15) is 0 Å². The van der Waals surface area contributed by atoms with Crippen molar-refractivity contribution in [2.45, 2.75) is 26.4 Å². The lowest BCUT2D eigenvalue weighted by Crippen LogP contribution is -2.17. The van der Waals surface area contributed by atoms with Crippen LogP contribution in [-0.2, 0) is 13.1 Å². The fourth-order valence-electron chi connectivity index (χ4n) is 1.72. The third-order valence-corrected chi connectivity index (χ3v) is 2.61. The molecule has 0 saturated carbocycles. The van der Waals surface area contributed by atoms with Crippen LogP contribution in [0, 0.1) is 0 Å². The van der Waals surface area contributed by atoms with E-state index in [0.29, 0.717) is 0 Å². The number of imidazole rings is 1. The lowest BCUT2D eigenvalue weighted by Gasteiger charge is -2.08. The average molecular weight is 230 g/mol. The molecule has 0 amide bonds. The van der Waals surface area contributed by atoms with Crippen molar-refractivity contribution in [1.29, 1.82) is 0 Å². The number of nitrogens with one attached hydrogen (secondary N) is 1. The van der Waals surface area contributed by atoms with Crippen LogP contribution in [-0.4, -0.2) is 21.1 Å². The van der Waals surface area contributed by atoms with Gasteiger partial charge in [-0.2, -0.15) is 0 Å². The van der Waals surface area contributed by atoms with Gasteiger partial charge in [0.15, 0.2) is 0 Å². The fraction of sp³-hybridized carbons (Fsp3) is 0.385. The smallest absolute Gasteiger partial charge is 0.0951 e. The number of aromatic nitrogens is 3. The van der Waals surface area contributed by atoms with Gasteiger partial charge in [-0.15, -0.1) is 0 Å². The van der Waals surface area contributed by atoms with Crippen LogP contribution in [0.15, 0.2) is 37.1 Å². The molecular formula is C13H18N4. The SMILES string of the molecule is CCCNCc1cncn1Cc1cccnc1. The Hall–Kier alpha value is -1.68. The van der Waals surface area contributed by atoms with Crippen molar-refractivity contribution in [3.05, 3.63) is 48.3 Å². The second kappa shape index (κ2) is 6.15. The van der Waals surface area contributed by atoms with Gasteiger partial charge in [-0.25, -0.2) is 4.98 Å². The van der Waals surface area contributed by atoms with Crippen LogP contribution in [0.4, 0.5) is 0 Å². The molecule has 0 spiro atoms. The summed E-state index contributed by atoms with van der Waals surface area (Å²) in [7, 11) is 0. The van der Waals surface area contributed by atoms with Crippen molar-refractivity contribution in [2.75, 3.05) is 6.54 Å². The third-order valence-electron chi connectivity index (χ3n) is 2.61. The standard InChI is InChI=1S/C13H18N4/c1-2-5-14-8-13-9-16-11-17(13)10-12-4-3-6-15-7-12/h3-4,6-7,9,11,14H,2,5,8,10H2,1H3. The van der Waals surface area contributed by atoms with E-state index >= 15 is 0 Å². The van der Waals surface area contributed by atoms with Gasteiger partial charge in [-0.05, 0) is 24.6 Å². The van der Waals surface area contributed by atoms with Crippen molar-refractivity contribution in [1.82, 2.24) is 19.9 Å².